The van der Waals surface area contributed by atoms with Crippen LogP contribution in [-0.2, 0) is 0 Å². The van der Waals surface area contributed by atoms with Gasteiger partial charge in [-0.15, -0.1) is 6.58 Å². The molecule has 0 saturated carbocycles. The maximum atomic E-state index is 3.66. The van der Waals surface area contributed by atoms with E-state index in [0.29, 0.717) is 0 Å². The zero-order chi connectivity index (χ0) is 8.69. The summed E-state index contributed by atoms with van der Waals surface area (Å²) >= 11 is 0. The Labute approximate surface area is 70.9 Å². The number of hydrogen-bond donors (Lipinski definition) is 1. The van der Waals surface area contributed by atoms with E-state index in [2.05, 4.69) is 32.7 Å². The van der Waals surface area contributed by atoms with Gasteiger partial charge in [-0.25, -0.2) is 0 Å². The van der Waals surface area contributed by atoms with E-state index in [1.165, 1.54) is 6.42 Å². The van der Waals surface area contributed by atoms with Gasteiger partial charge in [-0.2, -0.15) is 0 Å². The minimum Gasteiger partial charge on any atom is -0.313 e. The van der Waals surface area contributed by atoms with Crippen LogP contribution >= 0.6 is 0 Å². The second kappa shape index (κ2) is 6.41. The second-order valence-electron chi connectivity index (χ2n) is 3.31. The van der Waals surface area contributed by atoms with E-state index in [4.69, 9.17) is 0 Å². The molecule has 0 spiro atoms. The largest absolute Gasteiger partial charge is 0.313 e. The summed E-state index contributed by atoms with van der Waals surface area (Å²) in [6, 6.07) is 0. The minimum atomic E-state index is 0.778. The Kier molecular flexibility index (Phi) is 6.24. The lowest BCUT2D eigenvalue weighted by Gasteiger charge is -2.17. The van der Waals surface area contributed by atoms with Gasteiger partial charge in [0.1, 0.15) is 0 Å². The molecule has 0 aromatic rings. The first-order chi connectivity index (χ1) is 5.22. The van der Waals surface area contributed by atoms with Crippen molar-refractivity contribution < 1.29 is 0 Å². The van der Waals surface area contributed by atoms with Crippen LogP contribution < -0.4 is 5.32 Å². The molecule has 1 heteroatoms. The fourth-order valence-electron chi connectivity index (χ4n) is 1.02. The lowest BCUT2D eigenvalue weighted by Crippen LogP contribution is -2.24. The van der Waals surface area contributed by atoms with E-state index >= 15 is 0 Å². The van der Waals surface area contributed by atoms with Gasteiger partial charge in [-0.1, -0.05) is 33.3 Å². The Morgan fingerprint density at radius 1 is 1.36 bits per heavy atom. The Hall–Kier alpha value is -0.300. The molecular weight excluding hydrogens is 134 g/mol. The second-order valence-corrected chi connectivity index (χ2v) is 3.31. The quantitative estimate of drug-likeness (QED) is 0.459. The van der Waals surface area contributed by atoms with Crippen molar-refractivity contribution in [2.75, 3.05) is 13.1 Å². The highest BCUT2D eigenvalue weighted by Crippen LogP contribution is 2.12. The van der Waals surface area contributed by atoms with Gasteiger partial charge < -0.3 is 5.32 Å². The average molecular weight is 155 g/mol. The van der Waals surface area contributed by atoms with Gasteiger partial charge in [0.15, 0.2) is 0 Å². The molecule has 1 N–H and O–H groups in total. The summed E-state index contributed by atoms with van der Waals surface area (Å²) in [5, 5.41) is 3.33. The first-order valence-electron chi connectivity index (χ1n) is 4.54. The third-order valence-electron chi connectivity index (χ3n) is 2.37. The van der Waals surface area contributed by atoms with Crippen LogP contribution in [0, 0.1) is 11.8 Å². The molecule has 0 rings (SSSR count). The van der Waals surface area contributed by atoms with Gasteiger partial charge >= 0.3 is 0 Å². The highest BCUT2D eigenvalue weighted by molar-refractivity contribution is 4.71. The Bertz CT molecular complexity index is 99.0. The first kappa shape index (κ1) is 10.7. The van der Waals surface area contributed by atoms with Gasteiger partial charge in [0, 0.05) is 6.54 Å². The molecule has 11 heavy (non-hydrogen) atoms. The predicted octanol–water partition coefficient (Wildman–Crippen LogP) is 2.44. The van der Waals surface area contributed by atoms with Gasteiger partial charge in [0.05, 0.1) is 0 Å². The first-order valence-corrected chi connectivity index (χ1v) is 4.54. The van der Waals surface area contributed by atoms with E-state index in [1.54, 1.807) is 0 Å². The standard InChI is InChI=1S/C10H21N/c1-5-7-11-8-10(4)9(3)6-2/h5,9-11H,1,6-8H2,2-4H3. The van der Waals surface area contributed by atoms with Gasteiger partial charge in [0.2, 0.25) is 0 Å². The molecule has 2 unspecified atom stereocenters. The van der Waals surface area contributed by atoms with Crippen molar-refractivity contribution in [2.45, 2.75) is 27.2 Å². The number of nitrogens with one attached hydrogen (secondary N) is 1. The molecule has 0 fully saturated rings. The molecule has 0 aliphatic carbocycles. The fraction of sp³-hybridized carbons (Fsp3) is 0.800. The third-order valence-corrected chi connectivity index (χ3v) is 2.37. The normalized spacial score (nSPS) is 15.9. The molecule has 0 aromatic heterocycles. The predicted molar refractivity (Wildman–Crippen MR) is 51.7 cm³/mol. The summed E-state index contributed by atoms with van der Waals surface area (Å²) in [6.07, 6.45) is 3.18. The van der Waals surface area contributed by atoms with Crippen molar-refractivity contribution in [3.05, 3.63) is 12.7 Å². The fourth-order valence-corrected chi connectivity index (χ4v) is 1.02. The molecule has 0 radical (unpaired) electrons. The topological polar surface area (TPSA) is 12.0 Å². The number of hydrogen-bond acceptors (Lipinski definition) is 1. The molecule has 0 saturated heterocycles. The van der Waals surface area contributed by atoms with Crippen LogP contribution in [0.5, 0.6) is 0 Å². The lowest BCUT2D eigenvalue weighted by molar-refractivity contribution is 0.363. The van der Waals surface area contributed by atoms with E-state index in [9.17, 15) is 0 Å². The van der Waals surface area contributed by atoms with Crippen molar-refractivity contribution in [1.82, 2.24) is 5.32 Å². The van der Waals surface area contributed by atoms with Crippen LogP contribution in [0.25, 0.3) is 0 Å². The summed E-state index contributed by atoms with van der Waals surface area (Å²) < 4.78 is 0. The molecule has 0 aliphatic heterocycles. The SMILES string of the molecule is C=CCNCC(C)C(C)CC. The Morgan fingerprint density at radius 2 is 2.00 bits per heavy atom. The molecule has 1 nitrogen and oxygen atoms in total. The summed E-state index contributed by atoms with van der Waals surface area (Å²) in [5.41, 5.74) is 0. The van der Waals surface area contributed by atoms with E-state index in [1.807, 2.05) is 6.08 Å². The molecule has 0 aliphatic rings. The van der Waals surface area contributed by atoms with Gasteiger partial charge in [-0.3, -0.25) is 0 Å². The summed E-state index contributed by atoms with van der Waals surface area (Å²) in [6.45, 7) is 12.5. The van der Waals surface area contributed by atoms with Crippen molar-refractivity contribution in [3.63, 3.8) is 0 Å². The Morgan fingerprint density at radius 3 is 2.45 bits per heavy atom. The maximum Gasteiger partial charge on any atom is 0.0132 e. The molecule has 0 amide bonds. The Balaban J connectivity index is 3.34. The van der Waals surface area contributed by atoms with Crippen molar-refractivity contribution in [1.29, 1.82) is 0 Å². The van der Waals surface area contributed by atoms with Crippen LogP contribution in [0.3, 0.4) is 0 Å². The highest BCUT2D eigenvalue weighted by atomic mass is 14.8. The van der Waals surface area contributed by atoms with Gasteiger partial charge in [0.25, 0.3) is 0 Å². The van der Waals surface area contributed by atoms with E-state index < -0.39 is 0 Å². The van der Waals surface area contributed by atoms with Gasteiger partial charge in [-0.05, 0) is 18.4 Å². The lowest BCUT2D eigenvalue weighted by atomic mass is 9.94. The van der Waals surface area contributed by atoms with E-state index in [-0.39, 0.29) is 0 Å². The monoisotopic (exact) mass is 155 g/mol. The molecule has 2 atom stereocenters. The van der Waals surface area contributed by atoms with Crippen molar-refractivity contribution in [3.8, 4) is 0 Å². The van der Waals surface area contributed by atoms with Crippen LogP contribution in [0.15, 0.2) is 12.7 Å². The summed E-state index contributed by atoms with van der Waals surface area (Å²) in [7, 11) is 0. The summed E-state index contributed by atoms with van der Waals surface area (Å²) in [5.74, 6) is 1.60. The molecule has 0 bridgehead atoms. The molecule has 0 aromatic carbocycles. The average Bonchev–Trinajstić information content (AvgIpc) is 2.03. The molecular formula is C10H21N. The zero-order valence-corrected chi connectivity index (χ0v) is 8.06. The maximum absolute atomic E-state index is 3.66. The number of rotatable bonds is 6. The van der Waals surface area contributed by atoms with Crippen LogP contribution in [0.2, 0.25) is 0 Å². The smallest absolute Gasteiger partial charge is 0.0132 e. The molecule has 0 heterocycles. The summed E-state index contributed by atoms with van der Waals surface area (Å²) in [4.78, 5) is 0. The molecule has 66 valence electrons. The highest BCUT2D eigenvalue weighted by Gasteiger charge is 2.08. The minimum absolute atomic E-state index is 0.778. The third kappa shape index (κ3) is 5.02. The van der Waals surface area contributed by atoms with Crippen molar-refractivity contribution >= 4 is 0 Å². The van der Waals surface area contributed by atoms with Crippen LogP contribution in [0.1, 0.15) is 27.2 Å². The van der Waals surface area contributed by atoms with E-state index in [0.717, 1.165) is 24.9 Å². The van der Waals surface area contributed by atoms with Crippen LogP contribution in [0.4, 0.5) is 0 Å². The van der Waals surface area contributed by atoms with Crippen molar-refractivity contribution in [2.24, 2.45) is 11.8 Å². The zero-order valence-electron chi connectivity index (χ0n) is 8.06. The van der Waals surface area contributed by atoms with Crippen LogP contribution in [-0.4, -0.2) is 13.1 Å².